The molecule has 0 radical (unpaired) electrons. The van der Waals surface area contributed by atoms with E-state index >= 15 is 0 Å². The molecule has 1 aromatic rings. The summed E-state index contributed by atoms with van der Waals surface area (Å²) in [5.74, 6) is 1.15. The number of ether oxygens (including phenoxy) is 1. The van der Waals surface area contributed by atoms with Crippen molar-refractivity contribution in [1.29, 1.82) is 0 Å². The predicted molar refractivity (Wildman–Crippen MR) is 86.9 cm³/mol. The number of aromatic hydroxyl groups is 1. The van der Waals surface area contributed by atoms with E-state index in [1.807, 2.05) is 6.07 Å². The van der Waals surface area contributed by atoms with Gasteiger partial charge in [0, 0.05) is 0 Å². The van der Waals surface area contributed by atoms with Crippen LogP contribution in [0.3, 0.4) is 0 Å². The Labute approximate surface area is 132 Å². The van der Waals surface area contributed by atoms with Crippen LogP contribution in [-0.4, -0.2) is 18.1 Å². The van der Waals surface area contributed by atoms with Gasteiger partial charge in [0.1, 0.15) is 0 Å². The molecule has 3 atom stereocenters. The largest absolute Gasteiger partial charge is 0.504 e. The van der Waals surface area contributed by atoms with Gasteiger partial charge in [-0.25, -0.2) is 0 Å². The van der Waals surface area contributed by atoms with E-state index in [-0.39, 0.29) is 17.6 Å². The van der Waals surface area contributed by atoms with Crippen LogP contribution in [0.4, 0.5) is 0 Å². The summed E-state index contributed by atoms with van der Waals surface area (Å²) in [7, 11) is 1.51. The first-order valence-corrected chi connectivity index (χ1v) is 8.00. The fraction of sp³-hybridized carbons (Fsp3) is 0.611. The maximum Gasteiger partial charge on any atom is 0.228 e. The number of nitrogens with two attached hydrogens (primary N) is 1. The number of primary amides is 1. The van der Waals surface area contributed by atoms with E-state index in [4.69, 9.17) is 10.5 Å². The Hall–Kier alpha value is -1.71. The van der Waals surface area contributed by atoms with Gasteiger partial charge < -0.3 is 15.6 Å². The van der Waals surface area contributed by atoms with E-state index in [0.717, 1.165) is 24.8 Å². The van der Waals surface area contributed by atoms with E-state index in [0.29, 0.717) is 17.6 Å². The second-order valence-electron chi connectivity index (χ2n) is 6.96. The number of hydrogen-bond donors (Lipinski definition) is 2. The minimum atomic E-state index is -0.713. The Bertz CT molecular complexity index is 555. The highest BCUT2D eigenvalue weighted by Gasteiger charge is 2.50. The van der Waals surface area contributed by atoms with Crippen molar-refractivity contribution in [2.75, 3.05) is 7.11 Å². The van der Waals surface area contributed by atoms with Crippen molar-refractivity contribution in [3.05, 3.63) is 23.8 Å². The first kappa shape index (κ1) is 16.7. The molecule has 0 saturated heterocycles. The number of rotatable bonds is 4. The summed E-state index contributed by atoms with van der Waals surface area (Å²) in [6.07, 6.45) is 2.82. The van der Waals surface area contributed by atoms with Crippen LogP contribution in [0.5, 0.6) is 11.5 Å². The van der Waals surface area contributed by atoms with Crippen molar-refractivity contribution in [2.45, 2.75) is 45.4 Å². The van der Waals surface area contributed by atoms with Crippen molar-refractivity contribution >= 4 is 5.91 Å². The van der Waals surface area contributed by atoms with Crippen LogP contribution in [0.2, 0.25) is 0 Å². The third-order valence-corrected chi connectivity index (χ3v) is 5.21. The van der Waals surface area contributed by atoms with E-state index < -0.39 is 5.41 Å². The Morgan fingerprint density at radius 1 is 1.41 bits per heavy atom. The van der Waals surface area contributed by atoms with E-state index in [9.17, 15) is 9.90 Å². The molecule has 0 heterocycles. The smallest absolute Gasteiger partial charge is 0.228 e. The van der Waals surface area contributed by atoms with Crippen LogP contribution in [0.25, 0.3) is 0 Å². The van der Waals surface area contributed by atoms with Gasteiger partial charge in [-0.2, -0.15) is 0 Å². The summed E-state index contributed by atoms with van der Waals surface area (Å²) in [4.78, 5) is 12.5. The molecule has 0 spiro atoms. The van der Waals surface area contributed by atoms with Crippen molar-refractivity contribution in [2.24, 2.45) is 23.5 Å². The lowest BCUT2D eigenvalue weighted by atomic mass is 9.56. The van der Waals surface area contributed by atoms with Crippen LogP contribution < -0.4 is 10.5 Å². The van der Waals surface area contributed by atoms with Gasteiger partial charge in [-0.05, 0) is 48.3 Å². The SMILES string of the molecule is COc1ccc(C2(C(N)=O)CC(C)CCC2C(C)C)cc1O. The molecule has 0 aliphatic heterocycles. The lowest BCUT2D eigenvalue weighted by Crippen LogP contribution is -2.52. The first-order chi connectivity index (χ1) is 10.3. The average Bonchev–Trinajstić information content (AvgIpc) is 2.46. The van der Waals surface area contributed by atoms with Gasteiger partial charge in [0.2, 0.25) is 5.91 Å². The number of phenolic OH excluding ortho intramolecular Hbond substituents is 1. The summed E-state index contributed by atoms with van der Waals surface area (Å²) < 4.78 is 5.11. The standard InChI is InChI=1S/C18H27NO3/c1-11(2)14-7-5-12(3)10-18(14,17(19)21)13-6-8-16(22-4)15(20)9-13/h6,8-9,11-12,14,20H,5,7,10H2,1-4H3,(H2,19,21). The van der Waals surface area contributed by atoms with E-state index in [1.54, 1.807) is 12.1 Å². The van der Waals surface area contributed by atoms with E-state index in [1.165, 1.54) is 7.11 Å². The molecule has 4 heteroatoms. The zero-order chi connectivity index (χ0) is 16.5. The Balaban J connectivity index is 2.59. The summed E-state index contributed by atoms with van der Waals surface area (Å²) in [5.41, 5.74) is 5.99. The summed E-state index contributed by atoms with van der Waals surface area (Å²) in [6, 6.07) is 5.24. The molecule has 0 aromatic heterocycles. The van der Waals surface area contributed by atoms with Gasteiger partial charge in [0.25, 0.3) is 0 Å². The number of phenols is 1. The average molecular weight is 305 g/mol. The normalized spacial score (nSPS) is 28.6. The molecule has 1 aliphatic carbocycles. The lowest BCUT2D eigenvalue weighted by molar-refractivity contribution is -0.129. The molecule has 1 fully saturated rings. The quantitative estimate of drug-likeness (QED) is 0.897. The fourth-order valence-corrected chi connectivity index (χ4v) is 4.14. The number of carbonyl (C=O) groups excluding carboxylic acids is 1. The van der Waals surface area contributed by atoms with Crippen molar-refractivity contribution < 1.29 is 14.6 Å². The maximum absolute atomic E-state index is 12.5. The van der Waals surface area contributed by atoms with Gasteiger partial charge in [-0.15, -0.1) is 0 Å². The summed E-state index contributed by atoms with van der Waals surface area (Å²) in [5, 5.41) is 10.1. The van der Waals surface area contributed by atoms with Gasteiger partial charge in [-0.3, -0.25) is 4.79 Å². The van der Waals surface area contributed by atoms with Crippen LogP contribution in [0, 0.1) is 17.8 Å². The van der Waals surface area contributed by atoms with E-state index in [2.05, 4.69) is 20.8 Å². The molecule has 3 N–H and O–H groups in total. The van der Waals surface area contributed by atoms with Crippen molar-refractivity contribution in [3.63, 3.8) is 0 Å². The molecule has 122 valence electrons. The molecule has 1 aliphatic rings. The highest BCUT2D eigenvalue weighted by molar-refractivity contribution is 5.87. The zero-order valence-electron chi connectivity index (χ0n) is 13.9. The van der Waals surface area contributed by atoms with Crippen LogP contribution in [0.15, 0.2) is 18.2 Å². The predicted octanol–water partition coefficient (Wildman–Crippen LogP) is 3.22. The summed E-state index contributed by atoms with van der Waals surface area (Å²) >= 11 is 0. The number of amides is 1. The Morgan fingerprint density at radius 2 is 2.09 bits per heavy atom. The van der Waals surface area contributed by atoms with Gasteiger partial charge >= 0.3 is 0 Å². The molecule has 4 nitrogen and oxygen atoms in total. The minimum Gasteiger partial charge on any atom is -0.504 e. The lowest BCUT2D eigenvalue weighted by Gasteiger charge is -2.46. The topological polar surface area (TPSA) is 72.5 Å². The monoisotopic (exact) mass is 305 g/mol. The number of hydrogen-bond acceptors (Lipinski definition) is 3. The zero-order valence-corrected chi connectivity index (χ0v) is 13.9. The minimum absolute atomic E-state index is 0.0568. The van der Waals surface area contributed by atoms with Gasteiger partial charge in [-0.1, -0.05) is 33.3 Å². The molecule has 1 saturated carbocycles. The van der Waals surface area contributed by atoms with Crippen molar-refractivity contribution in [1.82, 2.24) is 0 Å². The Kier molecular flexibility index (Phi) is 4.69. The molecule has 0 bridgehead atoms. The fourth-order valence-electron chi connectivity index (χ4n) is 4.14. The molecule has 1 aromatic carbocycles. The second-order valence-corrected chi connectivity index (χ2v) is 6.96. The number of carbonyl (C=O) groups is 1. The van der Waals surface area contributed by atoms with Crippen LogP contribution >= 0.6 is 0 Å². The van der Waals surface area contributed by atoms with Crippen LogP contribution in [0.1, 0.15) is 45.6 Å². The van der Waals surface area contributed by atoms with Crippen LogP contribution in [-0.2, 0) is 10.2 Å². The number of methoxy groups -OCH3 is 1. The van der Waals surface area contributed by atoms with Gasteiger partial charge in [0.05, 0.1) is 12.5 Å². The first-order valence-electron chi connectivity index (χ1n) is 8.00. The highest BCUT2D eigenvalue weighted by Crippen LogP contribution is 2.50. The molecule has 3 unspecified atom stereocenters. The number of benzene rings is 1. The molecule has 22 heavy (non-hydrogen) atoms. The third-order valence-electron chi connectivity index (χ3n) is 5.21. The summed E-state index contributed by atoms with van der Waals surface area (Å²) in [6.45, 7) is 6.45. The third kappa shape index (κ3) is 2.67. The highest BCUT2D eigenvalue weighted by atomic mass is 16.5. The maximum atomic E-state index is 12.5. The molecule has 1 amide bonds. The second kappa shape index (κ2) is 6.19. The molecular weight excluding hydrogens is 278 g/mol. The Morgan fingerprint density at radius 3 is 2.59 bits per heavy atom. The molecular formula is C18H27NO3. The van der Waals surface area contributed by atoms with Crippen molar-refractivity contribution in [3.8, 4) is 11.5 Å². The molecule has 2 rings (SSSR count). The van der Waals surface area contributed by atoms with Gasteiger partial charge in [0.15, 0.2) is 11.5 Å².